The largest absolute Gasteiger partial charge is 0.467 e. The van der Waals surface area contributed by atoms with Gasteiger partial charge in [-0.1, -0.05) is 109 Å². The number of benzene rings is 4. The van der Waals surface area contributed by atoms with Gasteiger partial charge in [0, 0.05) is 50.1 Å². The van der Waals surface area contributed by atoms with Gasteiger partial charge in [0.1, 0.15) is 6.04 Å². The van der Waals surface area contributed by atoms with E-state index in [0.29, 0.717) is 12.8 Å². The highest BCUT2D eigenvalue weighted by molar-refractivity contribution is 7.99. The Labute approximate surface area is 302 Å². The van der Waals surface area contributed by atoms with Crippen LogP contribution in [0.4, 0.5) is 4.79 Å². The number of hydrogen-bond donors (Lipinski definition) is 3. The average Bonchev–Trinajstić information content (AvgIpc) is 3.60. The van der Waals surface area contributed by atoms with Crippen molar-refractivity contribution in [1.29, 1.82) is 0 Å². The number of carbonyl (C=O) groups excluding carboxylic acids is 2. The molecule has 3 N–H and O–H groups in total. The molecule has 5 aromatic rings. The first-order valence-electron chi connectivity index (χ1n) is 16.8. The number of aryl methyl sites for hydroxylation is 1. The number of nitrogens with one attached hydrogen (secondary N) is 2. The summed E-state index contributed by atoms with van der Waals surface area (Å²) in [6, 6.07) is 32.2. The van der Waals surface area contributed by atoms with Crippen molar-refractivity contribution in [3.8, 4) is 11.1 Å². The van der Waals surface area contributed by atoms with Crippen LogP contribution in [-0.4, -0.2) is 51.7 Å². The summed E-state index contributed by atoms with van der Waals surface area (Å²) in [7, 11) is 3.29. The lowest BCUT2D eigenvalue weighted by atomic mass is 9.99. The molecule has 1 saturated heterocycles. The Bertz CT molecular complexity index is 1880. The molecule has 6 rings (SSSR count). The van der Waals surface area contributed by atoms with E-state index in [1.165, 1.54) is 7.11 Å². The number of imidazole rings is 1. The monoisotopic (exact) mass is 706 g/mol. The molecule has 0 spiro atoms. The van der Waals surface area contributed by atoms with Crippen LogP contribution >= 0.6 is 11.8 Å². The van der Waals surface area contributed by atoms with Crippen molar-refractivity contribution in [2.75, 3.05) is 12.9 Å². The van der Waals surface area contributed by atoms with Crippen molar-refractivity contribution in [2.24, 2.45) is 7.05 Å². The molecular formula is C40H42N4O6S. The van der Waals surface area contributed by atoms with Crippen molar-refractivity contribution in [2.45, 2.75) is 55.7 Å². The molecule has 10 nitrogen and oxygen atoms in total. The number of nitrogens with zero attached hydrogens (tertiary/aromatic N) is 2. The number of methoxy groups -OCH3 is 1. The topological polar surface area (TPSA) is 124 Å². The highest BCUT2D eigenvalue weighted by Gasteiger charge is 2.32. The minimum absolute atomic E-state index is 0.00573. The maximum atomic E-state index is 12.8. The molecule has 1 fully saturated rings. The summed E-state index contributed by atoms with van der Waals surface area (Å²) < 4.78 is 20.0. The number of carbonyl (C=O) groups is 2. The normalized spacial score (nSPS) is 17.7. The van der Waals surface area contributed by atoms with Crippen molar-refractivity contribution >= 4 is 23.8 Å². The summed E-state index contributed by atoms with van der Waals surface area (Å²) in [5, 5.41) is 16.1. The van der Waals surface area contributed by atoms with Gasteiger partial charge in [0.25, 0.3) is 0 Å². The third kappa shape index (κ3) is 9.65. The Hall–Kier alpha value is -4.94. The molecule has 1 aliphatic heterocycles. The Balaban J connectivity index is 1.10. The van der Waals surface area contributed by atoms with Gasteiger partial charge in [0.15, 0.2) is 11.4 Å². The van der Waals surface area contributed by atoms with Crippen LogP contribution in [-0.2, 0) is 45.6 Å². The highest BCUT2D eigenvalue weighted by atomic mass is 32.2. The van der Waals surface area contributed by atoms with E-state index >= 15 is 0 Å². The van der Waals surface area contributed by atoms with Crippen LogP contribution in [0.25, 0.3) is 11.1 Å². The molecule has 2 heterocycles. The number of urea groups is 1. The van der Waals surface area contributed by atoms with E-state index < -0.39 is 24.3 Å². The molecule has 1 aliphatic rings. The predicted octanol–water partition coefficient (Wildman–Crippen LogP) is 6.50. The number of thioether (sulfide) groups is 1. The number of ether oxygens (including phenoxy) is 3. The van der Waals surface area contributed by atoms with Gasteiger partial charge in [0.05, 0.1) is 25.9 Å². The molecule has 0 unspecified atom stereocenters. The predicted molar refractivity (Wildman–Crippen MR) is 196 cm³/mol. The minimum Gasteiger partial charge on any atom is -0.467 e. The van der Waals surface area contributed by atoms with Gasteiger partial charge in [0.2, 0.25) is 0 Å². The molecule has 11 heteroatoms. The van der Waals surface area contributed by atoms with Crippen LogP contribution < -0.4 is 10.6 Å². The quantitative estimate of drug-likeness (QED) is 0.0937. The highest BCUT2D eigenvalue weighted by Crippen LogP contribution is 2.39. The fourth-order valence-electron chi connectivity index (χ4n) is 5.95. The number of aliphatic hydroxyl groups excluding tert-OH is 1. The molecule has 1 aromatic heterocycles. The van der Waals surface area contributed by atoms with E-state index in [2.05, 4.69) is 15.6 Å². The molecular weight excluding hydrogens is 665 g/mol. The zero-order valence-corrected chi connectivity index (χ0v) is 29.4. The fourth-order valence-corrected chi connectivity index (χ4v) is 6.90. The number of aliphatic hydroxyl groups is 1. The van der Waals surface area contributed by atoms with Crippen LogP contribution in [0.5, 0.6) is 0 Å². The molecule has 4 atom stereocenters. The van der Waals surface area contributed by atoms with Crippen LogP contribution in [0.2, 0.25) is 0 Å². The smallest absolute Gasteiger partial charge is 0.328 e. The third-order valence-corrected chi connectivity index (χ3v) is 9.95. The maximum absolute atomic E-state index is 12.8. The molecule has 0 saturated carbocycles. The van der Waals surface area contributed by atoms with E-state index in [-0.39, 0.29) is 25.4 Å². The summed E-state index contributed by atoms with van der Waals surface area (Å²) in [5.74, 6) is 0.220. The second kappa shape index (κ2) is 17.3. The second-order valence-electron chi connectivity index (χ2n) is 12.4. The standard InChI is InChI=1S/C40H42N4O6S/c1-44-20-19-41-40(44)51-26-34-23-36(31-13-11-28(25-45)12-14-31)50-38(49-34)32-17-15-30(16-18-32)33-10-6-9-29(21-33)24-42-39(47)43-35(37(46)48-2)22-27-7-4-3-5-8-27/h3-21,34-36,38,45H,22-26H2,1-2H3,(H2,42,43,47)/t34-,35-,36+,38+/m0/s1. The van der Waals surface area contributed by atoms with Gasteiger partial charge in [-0.3, -0.25) is 0 Å². The van der Waals surface area contributed by atoms with Crippen molar-refractivity contribution in [3.63, 3.8) is 0 Å². The lowest BCUT2D eigenvalue weighted by molar-refractivity contribution is -0.245. The van der Waals surface area contributed by atoms with Gasteiger partial charge in [-0.15, -0.1) is 0 Å². The van der Waals surface area contributed by atoms with Crippen LogP contribution in [0.15, 0.2) is 121 Å². The van der Waals surface area contributed by atoms with Gasteiger partial charge < -0.3 is 34.5 Å². The van der Waals surface area contributed by atoms with Crippen LogP contribution in [0.3, 0.4) is 0 Å². The maximum Gasteiger partial charge on any atom is 0.328 e. The number of esters is 1. The summed E-state index contributed by atoms with van der Waals surface area (Å²) in [4.78, 5) is 29.6. The van der Waals surface area contributed by atoms with E-state index in [4.69, 9.17) is 14.2 Å². The first-order valence-corrected chi connectivity index (χ1v) is 17.8. The van der Waals surface area contributed by atoms with Crippen molar-refractivity contribution < 1.29 is 28.9 Å². The van der Waals surface area contributed by atoms with Gasteiger partial charge >= 0.3 is 12.0 Å². The van der Waals surface area contributed by atoms with Gasteiger partial charge in [-0.2, -0.15) is 0 Å². The van der Waals surface area contributed by atoms with E-state index in [0.717, 1.165) is 49.9 Å². The molecule has 0 aliphatic carbocycles. The minimum atomic E-state index is -0.809. The molecule has 2 amide bonds. The lowest BCUT2D eigenvalue weighted by Crippen LogP contribution is -2.47. The summed E-state index contributed by atoms with van der Waals surface area (Å²) >= 11 is 1.66. The van der Waals surface area contributed by atoms with Crippen LogP contribution in [0, 0.1) is 0 Å². The first-order chi connectivity index (χ1) is 24.9. The average molecular weight is 707 g/mol. The third-order valence-electron chi connectivity index (χ3n) is 8.76. The molecule has 0 radical (unpaired) electrons. The SMILES string of the molecule is COC(=O)[C@H](Cc1ccccc1)NC(=O)NCc1cccc(-c2ccc([C@@H]3O[C@H](CSc4nccn4C)C[C@H](c4ccc(CO)cc4)O3)cc2)c1. The summed E-state index contributed by atoms with van der Waals surface area (Å²) in [5.41, 5.74) is 6.64. The Morgan fingerprint density at radius 3 is 2.37 bits per heavy atom. The second-order valence-corrected chi connectivity index (χ2v) is 13.4. The molecule has 51 heavy (non-hydrogen) atoms. The van der Waals surface area contributed by atoms with E-state index in [1.807, 2.05) is 121 Å². The Morgan fingerprint density at radius 2 is 1.67 bits per heavy atom. The van der Waals surface area contributed by atoms with E-state index in [1.54, 1.807) is 18.0 Å². The zero-order chi connectivity index (χ0) is 35.6. The Kier molecular flexibility index (Phi) is 12.2. The number of amides is 2. The Morgan fingerprint density at radius 1 is 0.922 bits per heavy atom. The summed E-state index contributed by atoms with van der Waals surface area (Å²) in [6.45, 7) is 0.271. The van der Waals surface area contributed by atoms with Crippen LogP contribution in [0.1, 0.15) is 46.6 Å². The number of hydrogen-bond acceptors (Lipinski definition) is 8. The lowest BCUT2D eigenvalue weighted by Gasteiger charge is -2.36. The number of aromatic nitrogens is 2. The first kappa shape index (κ1) is 35.9. The van der Waals surface area contributed by atoms with Crippen molar-refractivity contribution in [1.82, 2.24) is 20.2 Å². The molecule has 0 bridgehead atoms. The zero-order valence-electron chi connectivity index (χ0n) is 28.6. The van der Waals surface area contributed by atoms with Gasteiger partial charge in [-0.05, 0) is 39.4 Å². The van der Waals surface area contributed by atoms with Crippen molar-refractivity contribution in [3.05, 3.63) is 143 Å². The van der Waals surface area contributed by atoms with Gasteiger partial charge in [-0.25, -0.2) is 14.6 Å². The van der Waals surface area contributed by atoms with E-state index in [9.17, 15) is 14.7 Å². The summed E-state index contributed by atoms with van der Waals surface area (Å²) in [6.07, 6.45) is 3.93. The molecule has 4 aromatic carbocycles. The number of rotatable bonds is 13. The fraction of sp³-hybridized carbons (Fsp3) is 0.275. The molecule has 264 valence electrons.